The van der Waals surface area contributed by atoms with Crippen molar-refractivity contribution >= 4 is 5.97 Å². The van der Waals surface area contributed by atoms with Crippen LogP contribution in [0.15, 0.2) is 0 Å². The average Bonchev–Trinajstić information content (AvgIpc) is 2.75. The molecule has 0 aromatic rings. The van der Waals surface area contributed by atoms with Crippen LogP contribution in [0.3, 0.4) is 0 Å². The Bertz CT molecular complexity index is 276. The van der Waals surface area contributed by atoms with Gasteiger partial charge in [0.05, 0.1) is 18.6 Å². The second-order valence-electron chi connectivity index (χ2n) is 4.94. The van der Waals surface area contributed by atoms with Gasteiger partial charge in [0.2, 0.25) is 0 Å². The van der Waals surface area contributed by atoms with Crippen LogP contribution in [0.4, 0.5) is 0 Å². The molecule has 2 saturated carbocycles. The van der Waals surface area contributed by atoms with Gasteiger partial charge in [0.1, 0.15) is 0 Å². The molecule has 3 rings (SSSR count). The maximum atomic E-state index is 11.5. The van der Waals surface area contributed by atoms with E-state index in [0.717, 1.165) is 12.8 Å². The Hall–Kier alpha value is -0.570. The van der Waals surface area contributed by atoms with E-state index < -0.39 is 0 Å². The van der Waals surface area contributed by atoms with Crippen LogP contribution in [0.2, 0.25) is 0 Å². The number of cyclic esters (lactones) is 1. The number of carbonyl (C=O) groups excluding carboxylic acids is 1. The zero-order valence-electron chi connectivity index (χ0n) is 8.35. The molecule has 1 saturated heterocycles. The summed E-state index contributed by atoms with van der Waals surface area (Å²) in [6.45, 7) is 2.72. The molecule has 1 heterocycles. The van der Waals surface area contributed by atoms with E-state index in [0.29, 0.717) is 30.3 Å². The molecule has 0 aromatic carbocycles. The molecule has 0 radical (unpaired) electrons. The highest BCUT2D eigenvalue weighted by molar-refractivity contribution is 5.76. The van der Waals surface area contributed by atoms with Gasteiger partial charge in [-0.1, -0.05) is 13.3 Å². The van der Waals surface area contributed by atoms with Crippen LogP contribution in [0.5, 0.6) is 0 Å². The molecule has 0 aromatic heterocycles. The lowest BCUT2D eigenvalue weighted by atomic mass is 9.80. The van der Waals surface area contributed by atoms with E-state index in [1.165, 1.54) is 0 Å². The molecule has 14 heavy (non-hydrogen) atoms. The molecule has 3 fully saturated rings. The molecule has 3 heteroatoms. The maximum Gasteiger partial charge on any atom is 0.309 e. The van der Waals surface area contributed by atoms with Crippen LogP contribution >= 0.6 is 0 Å². The van der Waals surface area contributed by atoms with E-state index in [1.54, 1.807) is 0 Å². The summed E-state index contributed by atoms with van der Waals surface area (Å²) in [5.41, 5.74) is 0. The zero-order chi connectivity index (χ0) is 9.87. The lowest BCUT2D eigenvalue weighted by Gasteiger charge is -2.24. The Morgan fingerprint density at radius 3 is 3.00 bits per heavy atom. The van der Waals surface area contributed by atoms with Gasteiger partial charge < -0.3 is 9.84 Å². The molecular weight excluding hydrogens is 180 g/mol. The molecule has 0 amide bonds. The molecule has 2 bridgehead atoms. The van der Waals surface area contributed by atoms with Crippen LogP contribution in [0, 0.1) is 29.6 Å². The summed E-state index contributed by atoms with van der Waals surface area (Å²) in [6, 6.07) is 0. The summed E-state index contributed by atoms with van der Waals surface area (Å²) < 4.78 is 5.09. The first-order valence-electron chi connectivity index (χ1n) is 5.58. The minimum Gasteiger partial charge on any atom is -0.465 e. The van der Waals surface area contributed by atoms with E-state index in [1.807, 2.05) is 0 Å². The van der Waals surface area contributed by atoms with E-state index in [9.17, 15) is 9.90 Å². The third-order valence-electron chi connectivity index (χ3n) is 4.58. The van der Waals surface area contributed by atoms with Crippen molar-refractivity contribution in [2.24, 2.45) is 29.6 Å². The maximum absolute atomic E-state index is 11.5. The number of hydrogen-bond donors (Lipinski definition) is 1. The number of esters is 1. The second-order valence-corrected chi connectivity index (χ2v) is 4.94. The van der Waals surface area contributed by atoms with Crippen LogP contribution in [0.25, 0.3) is 0 Å². The van der Waals surface area contributed by atoms with E-state index >= 15 is 0 Å². The Labute approximate surface area is 83.4 Å². The van der Waals surface area contributed by atoms with Crippen molar-refractivity contribution in [1.82, 2.24) is 0 Å². The van der Waals surface area contributed by atoms with Crippen LogP contribution in [-0.2, 0) is 9.53 Å². The molecule has 2 aliphatic carbocycles. The number of ether oxygens (including phenoxy) is 1. The average molecular weight is 196 g/mol. The van der Waals surface area contributed by atoms with Gasteiger partial charge in [0.25, 0.3) is 0 Å². The summed E-state index contributed by atoms with van der Waals surface area (Å²) in [5.74, 6) is 1.73. The molecule has 6 atom stereocenters. The summed E-state index contributed by atoms with van der Waals surface area (Å²) in [7, 11) is 0. The van der Waals surface area contributed by atoms with E-state index in [-0.39, 0.29) is 18.0 Å². The SMILES string of the molecule is CCC1C2CC(O)C1C1COC(=O)C21. The van der Waals surface area contributed by atoms with Crippen LogP contribution in [-0.4, -0.2) is 23.8 Å². The predicted molar refractivity (Wildman–Crippen MR) is 49.3 cm³/mol. The highest BCUT2D eigenvalue weighted by Gasteiger charge is 2.63. The van der Waals surface area contributed by atoms with Gasteiger partial charge in [-0.15, -0.1) is 0 Å². The third-order valence-corrected chi connectivity index (χ3v) is 4.58. The molecule has 1 N–H and O–H groups in total. The highest BCUT2D eigenvalue weighted by Crippen LogP contribution is 2.59. The van der Waals surface area contributed by atoms with E-state index in [2.05, 4.69) is 6.92 Å². The second kappa shape index (κ2) is 2.72. The van der Waals surface area contributed by atoms with E-state index in [4.69, 9.17) is 4.74 Å². The number of aliphatic hydroxyl groups is 1. The molecule has 78 valence electrons. The van der Waals surface area contributed by atoms with Crippen molar-refractivity contribution in [2.45, 2.75) is 25.9 Å². The molecule has 3 nitrogen and oxygen atoms in total. The lowest BCUT2D eigenvalue weighted by molar-refractivity contribution is -0.142. The standard InChI is InChI=1S/C11H16O3/c1-2-5-6-3-8(12)9(5)7-4-14-11(13)10(6)7/h5-10,12H,2-4H2,1H3. The minimum absolute atomic E-state index is 0.00662. The molecule has 0 spiro atoms. The first-order chi connectivity index (χ1) is 6.74. The van der Waals surface area contributed by atoms with Crippen molar-refractivity contribution in [3.8, 4) is 0 Å². The normalized spacial score (nSPS) is 54.9. The molecule has 1 aliphatic heterocycles. The fraction of sp³-hybridized carbons (Fsp3) is 0.909. The minimum atomic E-state index is -0.180. The van der Waals surface area contributed by atoms with Crippen molar-refractivity contribution < 1.29 is 14.6 Å². The van der Waals surface area contributed by atoms with Gasteiger partial charge in [-0.3, -0.25) is 4.79 Å². The number of aliphatic hydroxyl groups excluding tert-OH is 1. The molecular formula is C11H16O3. The van der Waals surface area contributed by atoms with Gasteiger partial charge in [-0.2, -0.15) is 0 Å². The van der Waals surface area contributed by atoms with Crippen molar-refractivity contribution in [3.63, 3.8) is 0 Å². The number of fused-ring (bicyclic) bond motifs is 5. The van der Waals surface area contributed by atoms with Crippen molar-refractivity contribution in [3.05, 3.63) is 0 Å². The number of hydrogen-bond acceptors (Lipinski definition) is 3. The smallest absolute Gasteiger partial charge is 0.309 e. The Balaban J connectivity index is 1.95. The number of rotatable bonds is 1. The third kappa shape index (κ3) is 0.842. The number of carbonyl (C=O) groups is 1. The van der Waals surface area contributed by atoms with Gasteiger partial charge in [0.15, 0.2) is 0 Å². The Morgan fingerprint density at radius 1 is 1.50 bits per heavy atom. The topological polar surface area (TPSA) is 46.5 Å². The van der Waals surface area contributed by atoms with Gasteiger partial charge in [0, 0.05) is 5.92 Å². The fourth-order valence-electron chi connectivity index (χ4n) is 4.17. The van der Waals surface area contributed by atoms with Crippen LogP contribution in [0.1, 0.15) is 19.8 Å². The summed E-state index contributed by atoms with van der Waals surface area (Å²) in [5, 5.41) is 9.89. The van der Waals surface area contributed by atoms with Crippen molar-refractivity contribution in [2.75, 3.05) is 6.61 Å². The summed E-state index contributed by atoms with van der Waals surface area (Å²) in [4.78, 5) is 11.5. The Kier molecular flexibility index (Phi) is 1.69. The van der Waals surface area contributed by atoms with Gasteiger partial charge in [-0.05, 0) is 24.2 Å². The quantitative estimate of drug-likeness (QED) is 0.631. The van der Waals surface area contributed by atoms with Crippen molar-refractivity contribution in [1.29, 1.82) is 0 Å². The molecule has 3 aliphatic rings. The first kappa shape index (κ1) is 8.72. The lowest BCUT2D eigenvalue weighted by Crippen LogP contribution is -2.31. The molecule has 6 unspecified atom stereocenters. The highest BCUT2D eigenvalue weighted by atomic mass is 16.5. The predicted octanol–water partition coefficient (Wildman–Crippen LogP) is 0.812. The van der Waals surface area contributed by atoms with Crippen LogP contribution < -0.4 is 0 Å². The monoisotopic (exact) mass is 196 g/mol. The summed E-state index contributed by atoms with van der Waals surface area (Å²) >= 11 is 0. The van der Waals surface area contributed by atoms with Gasteiger partial charge >= 0.3 is 5.97 Å². The Morgan fingerprint density at radius 2 is 2.29 bits per heavy atom. The fourth-order valence-corrected chi connectivity index (χ4v) is 4.17. The summed E-state index contributed by atoms with van der Waals surface area (Å²) in [6.07, 6.45) is 1.73. The van der Waals surface area contributed by atoms with Gasteiger partial charge in [-0.25, -0.2) is 0 Å². The largest absolute Gasteiger partial charge is 0.465 e. The first-order valence-corrected chi connectivity index (χ1v) is 5.58. The zero-order valence-corrected chi connectivity index (χ0v) is 8.35.